The van der Waals surface area contributed by atoms with Crippen LogP contribution in [0.3, 0.4) is 0 Å². The Hall–Kier alpha value is -2.83. The fourth-order valence-electron chi connectivity index (χ4n) is 4.02. The van der Waals surface area contributed by atoms with Gasteiger partial charge < -0.3 is 9.47 Å². The van der Waals surface area contributed by atoms with E-state index in [9.17, 15) is 9.59 Å². The van der Waals surface area contributed by atoms with Crippen LogP contribution in [0.5, 0.6) is 0 Å². The Bertz CT molecular complexity index is 1150. The average molecular weight is 367 g/mol. The van der Waals surface area contributed by atoms with Crippen LogP contribution in [0.2, 0.25) is 0 Å². The van der Waals surface area contributed by atoms with E-state index in [0.717, 1.165) is 37.6 Å². The largest absolute Gasteiger partial charge is 0.332 e. The first kappa shape index (κ1) is 17.6. The standard InChI is InChI=1S/C20H25N5O2/c1-5-9-25-18(26)16-17(22(4)20(25)27)21-19-23(10-6-11-24(16)19)15-8-7-13(2)12-14(15)3/h7-8,12H,5-6,9-11H2,1-4H3. The van der Waals surface area contributed by atoms with Gasteiger partial charge >= 0.3 is 5.69 Å². The van der Waals surface area contributed by atoms with Crippen molar-refractivity contribution in [2.75, 3.05) is 11.4 Å². The van der Waals surface area contributed by atoms with Crippen molar-refractivity contribution in [1.82, 2.24) is 18.7 Å². The molecule has 0 atom stereocenters. The first-order chi connectivity index (χ1) is 12.9. The molecular weight excluding hydrogens is 342 g/mol. The summed E-state index contributed by atoms with van der Waals surface area (Å²) in [5.74, 6) is 0.740. The zero-order valence-corrected chi connectivity index (χ0v) is 16.3. The van der Waals surface area contributed by atoms with Crippen molar-refractivity contribution < 1.29 is 0 Å². The first-order valence-corrected chi connectivity index (χ1v) is 9.49. The molecule has 0 spiro atoms. The van der Waals surface area contributed by atoms with Crippen LogP contribution in [-0.4, -0.2) is 25.2 Å². The molecule has 0 aliphatic carbocycles. The third-order valence-corrected chi connectivity index (χ3v) is 5.31. The van der Waals surface area contributed by atoms with E-state index < -0.39 is 0 Å². The Kier molecular flexibility index (Phi) is 4.17. The summed E-state index contributed by atoms with van der Waals surface area (Å²) >= 11 is 0. The number of imidazole rings is 1. The summed E-state index contributed by atoms with van der Waals surface area (Å²) in [5, 5.41) is 0. The number of anilines is 2. The van der Waals surface area contributed by atoms with Crippen molar-refractivity contribution in [1.29, 1.82) is 0 Å². The lowest BCUT2D eigenvalue weighted by Crippen LogP contribution is -2.39. The summed E-state index contributed by atoms with van der Waals surface area (Å²) < 4.78 is 4.80. The van der Waals surface area contributed by atoms with Crippen molar-refractivity contribution in [3.8, 4) is 0 Å². The van der Waals surface area contributed by atoms with Gasteiger partial charge in [0.15, 0.2) is 11.2 Å². The normalized spacial score (nSPS) is 14.0. The Morgan fingerprint density at radius 1 is 1.15 bits per heavy atom. The summed E-state index contributed by atoms with van der Waals surface area (Å²) in [6.07, 6.45) is 1.65. The lowest BCUT2D eigenvalue weighted by atomic mass is 10.1. The molecular formula is C20H25N5O2. The molecule has 0 bridgehead atoms. The first-order valence-electron chi connectivity index (χ1n) is 9.49. The zero-order valence-electron chi connectivity index (χ0n) is 16.3. The summed E-state index contributed by atoms with van der Waals surface area (Å²) in [5.41, 5.74) is 3.92. The molecule has 3 aromatic rings. The van der Waals surface area contributed by atoms with E-state index in [1.54, 1.807) is 7.05 Å². The third kappa shape index (κ3) is 2.60. The van der Waals surface area contributed by atoms with Crippen LogP contribution in [0, 0.1) is 13.8 Å². The molecule has 2 aromatic heterocycles. The lowest BCUT2D eigenvalue weighted by molar-refractivity contribution is 0.579. The minimum atomic E-state index is -0.303. The molecule has 0 amide bonds. The number of hydrogen-bond donors (Lipinski definition) is 0. The van der Waals surface area contributed by atoms with Crippen molar-refractivity contribution in [3.63, 3.8) is 0 Å². The SMILES string of the molecule is CCCn1c(=O)c2c(nc3n2CCCN3c2ccc(C)cc2C)n(C)c1=O. The van der Waals surface area contributed by atoms with Crippen molar-refractivity contribution in [3.05, 3.63) is 50.2 Å². The van der Waals surface area contributed by atoms with Crippen LogP contribution in [0.15, 0.2) is 27.8 Å². The second-order valence-electron chi connectivity index (χ2n) is 7.33. The zero-order chi connectivity index (χ0) is 19.3. The van der Waals surface area contributed by atoms with Crippen LogP contribution in [0.1, 0.15) is 30.9 Å². The molecule has 1 aliphatic rings. The van der Waals surface area contributed by atoms with Crippen LogP contribution >= 0.6 is 0 Å². The minimum Gasteiger partial charge on any atom is -0.312 e. The van der Waals surface area contributed by atoms with E-state index in [-0.39, 0.29) is 11.2 Å². The van der Waals surface area contributed by atoms with Gasteiger partial charge in [0, 0.05) is 32.4 Å². The average Bonchev–Trinajstić information content (AvgIpc) is 3.04. The molecule has 0 saturated heterocycles. The molecule has 7 nitrogen and oxygen atoms in total. The maximum absolute atomic E-state index is 13.0. The maximum Gasteiger partial charge on any atom is 0.332 e. The van der Waals surface area contributed by atoms with Crippen molar-refractivity contribution >= 4 is 22.8 Å². The Morgan fingerprint density at radius 3 is 2.63 bits per heavy atom. The Morgan fingerprint density at radius 2 is 1.93 bits per heavy atom. The lowest BCUT2D eigenvalue weighted by Gasteiger charge is -2.30. The van der Waals surface area contributed by atoms with Gasteiger partial charge in [0.1, 0.15) is 0 Å². The van der Waals surface area contributed by atoms with E-state index in [4.69, 9.17) is 4.98 Å². The number of aromatic nitrogens is 4. The Labute approximate surface area is 157 Å². The molecule has 0 N–H and O–H groups in total. The van der Waals surface area contributed by atoms with Crippen molar-refractivity contribution in [2.24, 2.45) is 7.05 Å². The number of rotatable bonds is 3. The summed E-state index contributed by atoms with van der Waals surface area (Å²) in [6.45, 7) is 8.12. The quantitative estimate of drug-likeness (QED) is 0.713. The van der Waals surface area contributed by atoms with Crippen LogP contribution in [0.25, 0.3) is 11.2 Å². The number of nitrogens with zero attached hydrogens (tertiary/aromatic N) is 5. The van der Waals surface area contributed by atoms with Crippen LogP contribution in [0.4, 0.5) is 11.6 Å². The smallest absolute Gasteiger partial charge is 0.312 e. The summed E-state index contributed by atoms with van der Waals surface area (Å²) in [6, 6.07) is 6.35. The Balaban J connectivity index is 2.00. The highest BCUT2D eigenvalue weighted by Crippen LogP contribution is 2.33. The topological polar surface area (TPSA) is 65.1 Å². The van der Waals surface area contributed by atoms with Gasteiger partial charge in [-0.05, 0) is 38.3 Å². The van der Waals surface area contributed by atoms with Gasteiger partial charge in [0.2, 0.25) is 5.95 Å². The molecule has 1 aliphatic heterocycles. The fourth-order valence-corrected chi connectivity index (χ4v) is 4.02. The van der Waals surface area contributed by atoms with Gasteiger partial charge in [0.05, 0.1) is 0 Å². The van der Waals surface area contributed by atoms with E-state index in [0.29, 0.717) is 17.7 Å². The van der Waals surface area contributed by atoms with Gasteiger partial charge in [-0.15, -0.1) is 0 Å². The predicted molar refractivity (Wildman–Crippen MR) is 107 cm³/mol. The van der Waals surface area contributed by atoms with Crippen molar-refractivity contribution in [2.45, 2.75) is 46.7 Å². The molecule has 3 heterocycles. The monoisotopic (exact) mass is 367 g/mol. The number of aryl methyl sites for hydroxylation is 4. The highest BCUT2D eigenvalue weighted by atomic mass is 16.2. The summed E-state index contributed by atoms with van der Waals surface area (Å²) in [4.78, 5) is 32.6. The van der Waals surface area contributed by atoms with E-state index in [2.05, 4.69) is 36.9 Å². The van der Waals surface area contributed by atoms with E-state index in [1.165, 1.54) is 20.3 Å². The van der Waals surface area contributed by atoms with E-state index >= 15 is 0 Å². The molecule has 0 radical (unpaired) electrons. The van der Waals surface area contributed by atoms with Gasteiger partial charge in [-0.3, -0.25) is 13.9 Å². The molecule has 0 unspecified atom stereocenters. The van der Waals surface area contributed by atoms with E-state index in [1.807, 2.05) is 11.5 Å². The number of hydrogen-bond acceptors (Lipinski definition) is 4. The predicted octanol–water partition coefficient (Wildman–Crippen LogP) is 2.47. The van der Waals surface area contributed by atoms with Crippen LogP contribution < -0.4 is 16.1 Å². The molecule has 27 heavy (non-hydrogen) atoms. The highest BCUT2D eigenvalue weighted by Gasteiger charge is 2.27. The highest BCUT2D eigenvalue weighted by molar-refractivity contribution is 5.77. The number of benzene rings is 1. The second kappa shape index (κ2) is 6.40. The molecule has 142 valence electrons. The van der Waals surface area contributed by atoms with Gasteiger partial charge in [-0.25, -0.2) is 4.79 Å². The van der Waals surface area contributed by atoms with Gasteiger partial charge in [-0.1, -0.05) is 24.6 Å². The summed E-state index contributed by atoms with van der Waals surface area (Å²) in [7, 11) is 1.69. The number of fused-ring (bicyclic) bond motifs is 3. The maximum atomic E-state index is 13.0. The minimum absolute atomic E-state index is 0.240. The molecule has 7 heteroatoms. The van der Waals surface area contributed by atoms with Gasteiger partial charge in [0.25, 0.3) is 5.56 Å². The third-order valence-electron chi connectivity index (χ3n) is 5.31. The molecule has 4 rings (SSSR count). The second-order valence-corrected chi connectivity index (χ2v) is 7.33. The molecule has 0 fully saturated rings. The molecule has 1 aromatic carbocycles. The van der Waals surface area contributed by atoms with Gasteiger partial charge in [-0.2, -0.15) is 4.98 Å². The fraction of sp³-hybridized carbons (Fsp3) is 0.450. The van der Waals surface area contributed by atoms with Crippen LogP contribution in [-0.2, 0) is 20.1 Å². The molecule has 0 saturated carbocycles.